The number of rotatable bonds is 4. The summed E-state index contributed by atoms with van der Waals surface area (Å²) in [5.41, 5.74) is 2.06. The van der Waals surface area contributed by atoms with Crippen LogP contribution >= 0.6 is 0 Å². The summed E-state index contributed by atoms with van der Waals surface area (Å²) in [6.45, 7) is 11.7. The van der Waals surface area contributed by atoms with Crippen molar-refractivity contribution < 1.29 is 14.9 Å². The second-order valence-electron chi connectivity index (χ2n) is 11.3. The van der Waals surface area contributed by atoms with E-state index in [9.17, 15) is 10.2 Å². The molecule has 2 N–H and O–H groups in total. The number of hydrogen-bond acceptors (Lipinski definition) is 3. The highest BCUT2D eigenvalue weighted by atomic mass is 16.6. The molecule has 0 radical (unpaired) electrons. The molecule has 1 heterocycles. The van der Waals surface area contributed by atoms with Crippen LogP contribution in [0.1, 0.15) is 79.6 Å². The maximum absolute atomic E-state index is 11.2. The van der Waals surface area contributed by atoms with Gasteiger partial charge in [0.1, 0.15) is 0 Å². The van der Waals surface area contributed by atoms with E-state index in [4.69, 9.17) is 4.74 Å². The lowest BCUT2D eigenvalue weighted by Crippen LogP contribution is -2.40. The highest BCUT2D eigenvalue weighted by molar-refractivity contribution is 5.26. The molecule has 28 heavy (non-hydrogen) atoms. The quantitative estimate of drug-likeness (QED) is 0.649. The van der Waals surface area contributed by atoms with Crippen molar-refractivity contribution in [2.45, 2.75) is 91.0 Å². The van der Waals surface area contributed by atoms with E-state index in [0.29, 0.717) is 18.9 Å². The van der Waals surface area contributed by atoms with E-state index in [-0.39, 0.29) is 17.3 Å². The SMILES string of the molecule is CC(C)=CCC[C@H](C)[C@H]1CC[C@]2(C)C[C@H]3[C@@H]4/C(=C\C[C@@H]12)CO[C@]4(O)C[C@@]3(C)O. The van der Waals surface area contributed by atoms with Crippen molar-refractivity contribution in [1.82, 2.24) is 0 Å². The van der Waals surface area contributed by atoms with E-state index < -0.39 is 11.4 Å². The van der Waals surface area contributed by atoms with E-state index in [0.717, 1.165) is 24.7 Å². The summed E-state index contributed by atoms with van der Waals surface area (Å²) in [5, 5.41) is 22.3. The van der Waals surface area contributed by atoms with Crippen molar-refractivity contribution >= 4 is 0 Å². The standard InChI is InChI=1S/C25H40O3/c1-16(2)7-6-8-17(3)19-11-12-23(4)13-21-22-18(9-10-20(19)23)14-28-25(22,27)15-24(21,5)26/h7,9,17,19-22,26-27H,6,8,10-15H2,1-5H3/b18-9-/t17-,19+,20-,21-,22-,23+,24+,25+/m0/s1. The molecule has 4 aliphatic rings. The normalized spacial score (nSPS) is 50.2. The predicted molar refractivity (Wildman–Crippen MR) is 113 cm³/mol. The molecule has 0 bridgehead atoms. The summed E-state index contributed by atoms with van der Waals surface area (Å²) in [4.78, 5) is 0. The molecule has 0 aromatic heterocycles. The second-order valence-corrected chi connectivity index (χ2v) is 11.3. The summed E-state index contributed by atoms with van der Waals surface area (Å²) >= 11 is 0. The number of fused-ring (bicyclic) bond motifs is 1. The number of hydrogen-bond donors (Lipinski definition) is 2. The summed E-state index contributed by atoms with van der Waals surface area (Å²) in [6.07, 6.45) is 12.2. The van der Waals surface area contributed by atoms with E-state index in [1.165, 1.54) is 36.8 Å². The lowest BCUT2D eigenvalue weighted by molar-refractivity contribution is -0.191. The molecule has 3 fully saturated rings. The molecule has 0 aromatic carbocycles. The summed E-state index contributed by atoms with van der Waals surface area (Å²) < 4.78 is 5.85. The molecule has 2 saturated carbocycles. The van der Waals surface area contributed by atoms with Gasteiger partial charge in [-0.3, -0.25) is 0 Å². The van der Waals surface area contributed by atoms with Crippen molar-refractivity contribution in [3.63, 3.8) is 0 Å². The number of allylic oxidation sites excluding steroid dienone is 3. The lowest BCUT2D eigenvalue weighted by atomic mass is 9.62. The van der Waals surface area contributed by atoms with Gasteiger partial charge in [0, 0.05) is 12.3 Å². The van der Waals surface area contributed by atoms with E-state index in [2.05, 4.69) is 39.8 Å². The maximum Gasteiger partial charge on any atom is 0.175 e. The predicted octanol–water partition coefficient (Wildman–Crippen LogP) is 5.23. The Morgan fingerprint density at radius 1 is 1.29 bits per heavy atom. The minimum Gasteiger partial charge on any atom is -0.390 e. The zero-order valence-electron chi connectivity index (χ0n) is 18.5. The Kier molecular flexibility index (Phi) is 5.13. The first-order chi connectivity index (χ1) is 13.1. The molecule has 0 aromatic rings. The topological polar surface area (TPSA) is 49.7 Å². The Morgan fingerprint density at radius 2 is 2.04 bits per heavy atom. The lowest BCUT2D eigenvalue weighted by Gasteiger charge is -2.43. The Balaban J connectivity index is 1.59. The molecule has 0 unspecified atom stereocenters. The maximum atomic E-state index is 11.2. The van der Waals surface area contributed by atoms with Gasteiger partial charge in [0.05, 0.1) is 12.2 Å². The average molecular weight is 389 g/mol. The molecular formula is C25H40O3. The van der Waals surface area contributed by atoms with Crippen LogP contribution in [-0.2, 0) is 4.74 Å². The van der Waals surface area contributed by atoms with Crippen LogP contribution < -0.4 is 0 Å². The van der Waals surface area contributed by atoms with Gasteiger partial charge in [0.25, 0.3) is 0 Å². The largest absolute Gasteiger partial charge is 0.390 e. The molecule has 158 valence electrons. The molecule has 4 rings (SSSR count). The molecular weight excluding hydrogens is 348 g/mol. The van der Waals surface area contributed by atoms with Crippen LogP contribution in [0.25, 0.3) is 0 Å². The Hall–Kier alpha value is -0.640. The fourth-order valence-electron chi connectivity index (χ4n) is 7.36. The van der Waals surface area contributed by atoms with E-state index in [1.807, 2.05) is 6.92 Å². The Labute approximate surface area is 171 Å². The highest BCUT2D eigenvalue weighted by Gasteiger charge is 2.65. The van der Waals surface area contributed by atoms with Gasteiger partial charge in [-0.05, 0) is 94.0 Å². The van der Waals surface area contributed by atoms with Gasteiger partial charge in [0.15, 0.2) is 5.79 Å². The third-order valence-corrected chi connectivity index (χ3v) is 8.87. The van der Waals surface area contributed by atoms with Crippen molar-refractivity contribution in [3.05, 3.63) is 23.3 Å². The van der Waals surface area contributed by atoms with E-state index >= 15 is 0 Å². The van der Waals surface area contributed by atoms with Crippen LogP contribution in [0.5, 0.6) is 0 Å². The molecule has 1 saturated heterocycles. The smallest absolute Gasteiger partial charge is 0.175 e. The minimum absolute atomic E-state index is 0.0191. The Morgan fingerprint density at radius 3 is 2.75 bits per heavy atom. The molecule has 8 atom stereocenters. The summed E-state index contributed by atoms with van der Waals surface area (Å²) in [5.74, 6) is 1.09. The van der Waals surface area contributed by atoms with Crippen molar-refractivity contribution in [2.24, 2.45) is 35.0 Å². The van der Waals surface area contributed by atoms with Crippen molar-refractivity contribution in [3.8, 4) is 0 Å². The van der Waals surface area contributed by atoms with Gasteiger partial charge in [-0.2, -0.15) is 0 Å². The van der Waals surface area contributed by atoms with Gasteiger partial charge in [-0.1, -0.05) is 31.6 Å². The van der Waals surface area contributed by atoms with Crippen LogP contribution in [0.4, 0.5) is 0 Å². The van der Waals surface area contributed by atoms with Crippen LogP contribution in [0.3, 0.4) is 0 Å². The van der Waals surface area contributed by atoms with Gasteiger partial charge < -0.3 is 14.9 Å². The van der Waals surface area contributed by atoms with Crippen LogP contribution in [0.2, 0.25) is 0 Å². The monoisotopic (exact) mass is 388 g/mol. The van der Waals surface area contributed by atoms with Crippen molar-refractivity contribution in [2.75, 3.05) is 6.61 Å². The van der Waals surface area contributed by atoms with Crippen LogP contribution in [0, 0.1) is 35.0 Å². The van der Waals surface area contributed by atoms with Crippen LogP contribution in [0.15, 0.2) is 23.3 Å². The zero-order chi connectivity index (χ0) is 20.3. The summed E-state index contributed by atoms with van der Waals surface area (Å²) in [6, 6.07) is 0. The minimum atomic E-state index is -1.15. The fourth-order valence-corrected chi connectivity index (χ4v) is 7.36. The molecule has 3 aliphatic carbocycles. The first kappa shape index (κ1) is 20.6. The highest BCUT2D eigenvalue weighted by Crippen LogP contribution is 2.63. The average Bonchev–Trinajstić information content (AvgIpc) is 3.11. The van der Waals surface area contributed by atoms with Gasteiger partial charge >= 0.3 is 0 Å². The first-order valence-corrected chi connectivity index (χ1v) is 11.5. The van der Waals surface area contributed by atoms with Crippen molar-refractivity contribution in [1.29, 1.82) is 0 Å². The van der Waals surface area contributed by atoms with Gasteiger partial charge in [-0.15, -0.1) is 0 Å². The molecule has 0 amide bonds. The van der Waals surface area contributed by atoms with Crippen LogP contribution in [-0.4, -0.2) is 28.2 Å². The zero-order valence-corrected chi connectivity index (χ0v) is 18.5. The van der Waals surface area contributed by atoms with Gasteiger partial charge in [0.2, 0.25) is 0 Å². The summed E-state index contributed by atoms with van der Waals surface area (Å²) in [7, 11) is 0. The number of ether oxygens (including phenoxy) is 1. The Bertz CT molecular complexity index is 673. The number of aliphatic hydroxyl groups is 2. The molecule has 1 aliphatic heterocycles. The van der Waals surface area contributed by atoms with E-state index in [1.54, 1.807) is 0 Å². The third-order valence-electron chi connectivity index (χ3n) is 8.87. The first-order valence-electron chi connectivity index (χ1n) is 11.5. The molecule has 0 spiro atoms. The fraction of sp³-hybridized carbons (Fsp3) is 0.840. The second kappa shape index (κ2) is 6.96. The third kappa shape index (κ3) is 3.32. The van der Waals surface area contributed by atoms with Gasteiger partial charge in [-0.25, -0.2) is 0 Å². The molecule has 3 heteroatoms. The molecule has 3 nitrogen and oxygen atoms in total.